The maximum absolute atomic E-state index is 8.69. The topological polar surface area (TPSA) is 68.3 Å². The van der Waals surface area contributed by atoms with E-state index in [-0.39, 0.29) is 6.61 Å². The third-order valence-corrected chi connectivity index (χ3v) is 1.84. The Balaban J connectivity index is 2.62. The van der Waals surface area contributed by atoms with E-state index in [2.05, 4.69) is 0 Å². The van der Waals surface area contributed by atoms with Crippen LogP contribution in [0, 0.1) is 11.3 Å². The normalized spacial score (nSPS) is 13.7. The zero-order chi connectivity index (χ0) is 11.3. The monoisotopic (exact) mass is 206 g/mol. The Bertz CT molecular complexity index is 369. The van der Waals surface area contributed by atoms with Gasteiger partial charge in [-0.05, 0) is 19.1 Å². The first-order valence-corrected chi connectivity index (χ1v) is 4.54. The summed E-state index contributed by atoms with van der Waals surface area (Å²) in [6, 6.07) is 9.12. The van der Waals surface area contributed by atoms with E-state index in [0.29, 0.717) is 11.5 Å². The van der Waals surface area contributed by atoms with E-state index in [4.69, 9.17) is 20.5 Å². The summed E-state index contributed by atoms with van der Waals surface area (Å²) in [5, 5.41) is 8.69. The van der Waals surface area contributed by atoms with Crippen LogP contribution in [0.3, 0.4) is 0 Å². The van der Waals surface area contributed by atoms with Crippen molar-refractivity contribution in [1.82, 2.24) is 0 Å². The molecule has 1 atom stereocenters. The molecule has 0 radical (unpaired) electrons. The van der Waals surface area contributed by atoms with Crippen molar-refractivity contribution < 1.29 is 9.47 Å². The molecule has 0 aromatic heterocycles. The Morgan fingerprint density at radius 3 is 2.73 bits per heavy atom. The predicted molar refractivity (Wildman–Crippen MR) is 56.7 cm³/mol. The van der Waals surface area contributed by atoms with E-state index in [1.54, 1.807) is 26.2 Å². The Hall–Kier alpha value is -1.73. The fourth-order valence-corrected chi connectivity index (χ4v) is 0.957. The van der Waals surface area contributed by atoms with Gasteiger partial charge in [-0.25, -0.2) is 0 Å². The molecule has 0 heterocycles. The molecule has 0 amide bonds. The molecule has 0 aliphatic heterocycles. The van der Waals surface area contributed by atoms with Crippen LogP contribution in [0.1, 0.15) is 6.92 Å². The molecule has 1 aromatic carbocycles. The molecule has 0 aliphatic rings. The molecule has 0 bridgehead atoms. The molecule has 80 valence electrons. The van der Waals surface area contributed by atoms with Gasteiger partial charge < -0.3 is 15.2 Å². The van der Waals surface area contributed by atoms with Crippen LogP contribution in [0.25, 0.3) is 0 Å². The van der Waals surface area contributed by atoms with E-state index in [0.717, 1.165) is 0 Å². The standard InChI is InChI=1S/C11H14N2O2/c1-11(13,7-12)8-15-10-5-3-4-9(6-10)14-2/h3-6H,8,13H2,1-2H3. The van der Waals surface area contributed by atoms with Gasteiger partial charge in [-0.2, -0.15) is 5.26 Å². The third kappa shape index (κ3) is 3.49. The van der Waals surface area contributed by atoms with Crippen molar-refractivity contribution in [3.8, 4) is 17.6 Å². The van der Waals surface area contributed by atoms with Crippen LogP contribution in [-0.4, -0.2) is 19.3 Å². The van der Waals surface area contributed by atoms with Crippen LogP contribution in [0.2, 0.25) is 0 Å². The van der Waals surface area contributed by atoms with Crippen molar-refractivity contribution in [3.05, 3.63) is 24.3 Å². The van der Waals surface area contributed by atoms with Gasteiger partial charge in [0.1, 0.15) is 23.6 Å². The van der Waals surface area contributed by atoms with E-state index in [1.165, 1.54) is 0 Å². The summed E-state index contributed by atoms with van der Waals surface area (Å²) in [6.07, 6.45) is 0. The highest BCUT2D eigenvalue weighted by molar-refractivity contribution is 5.33. The van der Waals surface area contributed by atoms with E-state index < -0.39 is 5.54 Å². The molecule has 4 heteroatoms. The lowest BCUT2D eigenvalue weighted by Crippen LogP contribution is -2.40. The second-order valence-electron chi connectivity index (χ2n) is 3.50. The molecule has 0 spiro atoms. The number of ether oxygens (including phenoxy) is 2. The van der Waals surface area contributed by atoms with E-state index >= 15 is 0 Å². The summed E-state index contributed by atoms with van der Waals surface area (Å²) >= 11 is 0. The molecule has 0 fully saturated rings. The van der Waals surface area contributed by atoms with Gasteiger partial charge in [-0.15, -0.1) is 0 Å². The minimum absolute atomic E-state index is 0.149. The van der Waals surface area contributed by atoms with Gasteiger partial charge in [-0.3, -0.25) is 0 Å². The van der Waals surface area contributed by atoms with Crippen LogP contribution >= 0.6 is 0 Å². The number of hydrogen-bond donors (Lipinski definition) is 1. The van der Waals surface area contributed by atoms with Gasteiger partial charge in [-0.1, -0.05) is 6.07 Å². The first-order chi connectivity index (χ1) is 7.07. The third-order valence-electron chi connectivity index (χ3n) is 1.84. The molecular weight excluding hydrogens is 192 g/mol. The van der Waals surface area contributed by atoms with Crippen LogP contribution < -0.4 is 15.2 Å². The minimum Gasteiger partial charge on any atom is -0.497 e. The maximum Gasteiger partial charge on any atom is 0.135 e. The van der Waals surface area contributed by atoms with Crippen LogP contribution in [0.4, 0.5) is 0 Å². The molecule has 1 unspecified atom stereocenters. The number of nitrogens with zero attached hydrogens (tertiary/aromatic N) is 1. The highest BCUT2D eigenvalue weighted by Crippen LogP contribution is 2.19. The van der Waals surface area contributed by atoms with Gasteiger partial charge >= 0.3 is 0 Å². The molecule has 2 N–H and O–H groups in total. The predicted octanol–water partition coefficient (Wildman–Crippen LogP) is 1.31. The SMILES string of the molecule is COc1cccc(OCC(C)(N)C#N)c1. The molecule has 0 aliphatic carbocycles. The maximum atomic E-state index is 8.69. The molecule has 0 saturated heterocycles. The zero-order valence-electron chi connectivity index (χ0n) is 8.86. The highest BCUT2D eigenvalue weighted by Gasteiger charge is 2.18. The van der Waals surface area contributed by atoms with Crippen molar-refractivity contribution in [2.45, 2.75) is 12.5 Å². The van der Waals surface area contributed by atoms with Gasteiger partial charge in [0.2, 0.25) is 0 Å². The van der Waals surface area contributed by atoms with Crippen molar-refractivity contribution >= 4 is 0 Å². The van der Waals surface area contributed by atoms with Crippen LogP contribution in [0.15, 0.2) is 24.3 Å². The summed E-state index contributed by atoms with van der Waals surface area (Å²) in [5.74, 6) is 1.35. The van der Waals surface area contributed by atoms with E-state index in [9.17, 15) is 0 Å². The van der Waals surface area contributed by atoms with Gasteiger partial charge in [0.15, 0.2) is 0 Å². The smallest absolute Gasteiger partial charge is 0.135 e. The number of nitriles is 1. The van der Waals surface area contributed by atoms with Crippen molar-refractivity contribution in [1.29, 1.82) is 5.26 Å². The molecule has 15 heavy (non-hydrogen) atoms. The van der Waals surface area contributed by atoms with Gasteiger partial charge in [0.05, 0.1) is 13.2 Å². The first-order valence-electron chi connectivity index (χ1n) is 4.54. The fraction of sp³-hybridized carbons (Fsp3) is 0.364. The molecule has 4 nitrogen and oxygen atoms in total. The zero-order valence-corrected chi connectivity index (χ0v) is 8.86. The lowest BCUT2D eigenvalue weighted by molar-refractivity contribution is 0.263. The lowest BCUT2D eigenvalue weighted by Gasteiger charge is -2.16. The van der Waals surface area contributed by atoms with Crippen LogP contribution in [-0.2, 0) is 0 Å². The van der Waals surface area contributed by atoms with Gasteiger partial charge in [0, 0.05) is 6.07 Å². The number of hydrogen-bond acceptors (Lipinski definition) is 4. The highest BCUT2D eigenvalue weighted by atomic mass is 16.5. The Kier molecular flexibility index (Phi) is 3.53. The summed E-state index contributed by atoms with van der Waals surface area (Å²) in [7, 11) is 1.58. The number of nitrogens with two attached hydrogens (primary N) is 1. The Morgan fingerprint density at radius 2 is 2.13 bits per heavy atom. The molecule has 1 rings (SSSR count). The first kappa shape index (κ1) is 11.3. The molecule has 0 saturated carbocycles. The average molecular weight is 206 g/mol. The largest absolute Gasteiger partial charge is 0.497 e. The number of methoxy groups -OCH3 is 1. The van der Waals surface area contributed by atoms with Crippen molar-refractivity contribution in [2.24, 2.45) is 5.73 Å². The molecule has 1 aromatic rings. The van der Waals surface area contributed by atoms with Crippen LogP contribution in [0.5, 0.6) is 11.5 Å². The summed E-state index contributed by atoms with van der Waals surface area (Å²) in [6.45, 7) is 1.77. The Labute approximate surface area is 89.2 Å². The van der Waals surface area contributed by atoms with E-state index in [1.807, 2.05) is 18.2 Å². The Morgan fingerprint density at radius 1 is 1.47 bits per heavy atom. The second kappa shape index (κ2) is 4.67. The second-order valence-corrected chi connectivity index (χ2v) is 3.50. The number of rotatable bonds is 4. The average Bonchev–Trinajstić information content (AvgIpc) is 2.27. The molecular formula is C11H14N2O2. The summed E-state index contributed by atoms with van der Waals surface area (Å²) in [4.78, 5) is 0. The summed E-state index contributed by atoms with van der Waals surface area (Å²) < 4.78 is 10.4. The summed E-state index contributed by atoms with van der Waals surface area (Å²) in [5.41, 5.74) is 4.65. The quantitative estimate of drug-likeness (QED) is 0.806. The van der Waals surface area contributed by atoms with Crippen molar-refractivity contribution in [3.63, 3.8) is 0 Å². The lowest BCUT2D eigenvalue weighted by atomic mass is 10.1. The van der Waals surface area contributed by atoms with Crippen molar-refractivity contribution in [2.75, 3.05) is 13.7 Å². The van der Waals surface area contributed by atoms with Gasteiger partial charge in [0.25, 0.3) is 0 Å². The minimum atomic E-state index is -0.969. The fourth-order valence-electron chi connectivity index (χ4n) is 0.957. The number of benzene rings is 1.